The number of benzene rings is 2. The molecule has 0 aliphatic carbocycles. The van der Waals surface area contributed by atoms with Crippen molar-refractivity contribution in [3.8, 4) is 11.5 Å². The average molecular weight is 322 g/mol. The van der Waals surface area contributed by atoms with Crippen molar-refractivity contribution < 1.29 is 27.8 Å². The fourth-order valence-corrected chi connectivity index (χ4v) is 1.91. The predicted octanol–water partition coefficient (Wildman–Crippen LogP) is 3.83. The Morgan fingerprint density at radius 2 is 1.87 bits per heavy atom. The van der Waals surface area contributed by atoms with Crippen molar-refractivity contribution in [2.45, 2.75) is 13.5 Å². The van der Waals surface area contributed by atoms with Crippen LogP contribution in [0, 0.1) is 6.92 Å². The van der Waals surface area contributed by atoms with E-state index in [-0.39, 0.29) is 24.5 Å². The van der Waals surface area contributed by atoms with E-state index in [0.29, 0.717) is 5.75 Å². The van der Waals surface area contributed by atoms with Crippen LogP contribution >= 0.6 is 0 Å². The molecule has 0 fully saturated rings. The van der Waals surface area contributed by atoms with Gasteiger partial charge in [0.15, 0.2) is 0 Å². The van der Waals surface area contributed by atoms with Crippen molar-refractivity contribution in [2.75, 3.05) is 13.2 Å². The van der Waals surface area contributed by atoms with Gasteiger partial charge in [0, 0.05) is 0 Å². The molecule has 0 unspecified atom stereocenters. The third kappa shape index (κ3) is 5.25. The van der Waals surface area contributed by atoms with Crippen LogP contribution in [-0.2, 0) is 4.74 Å². The number of hydrogen-bond donors (Lipinski definition) is 0. The minimum absolute atomic E-state index is 0.00418. The lowest BCUT2D eigenvalue weighted by atomic mass is 10.2. The van der Waals surface area contributed by atoms with Gasteiger partial charge in [0.1, 0.15) is 30.3 Å². The quantitative estimate of drug-likeness (QED) is 0.574. The first-order valence-electron chi connectivity index (χ1n) is 6.96. The molecule has 0 radical (unpaired) electrons. The van der Waals surface area contributed by atoms with E-state index < -0.39 is 12.6 Å². The van der Waals surface area contributed by atoms with E-state index in [9.17, 15) is 13.6 Å². The van der Waals surface area contributed by atoms with Crippen LogP contribution in [0.15, 0.2) is 48.5 Å². The summed E-state index contributed by atoms with van der Waals surface area (Å²) in [6.45, 7) is -0.913. The highest BCUT2D eigenvalue weighted by molar-refractivity contribution is 5.92. The van der Waals surface area contributed by atoms with E-state index in [4.69, 9.17) is 9.47 Å². The fourth-order valence-electron chi connectivity index (χ4n) is 1.91. The third-order valence-electron chi connectivity index (χ3n) is 2.90. The Balaban J connectivity index is 1.85. The topological polar surface area (TPSA) is 44.8 Å². The van der Waals surface area contributed by atoms with Crippen LogP contribution in [0.2, 0.25) is 0 Å². The standard InChI is InChI=1S/C17H16F2O4/c1-12-5-4-6-13(11-12)21-9-10-22-16(20)14-7-2-3-8-15(14)23-17(18)19/h2-8,11,17H,9-10H2,1H3. The van der Waals surface area contributed by atoms with Gasteiger partial charge in [0.2, 0.25) is 0 Å². The van der Waals surface area contributed by atoms with Gasteiger partial charge in [0.25, 0.3) is 0 Å². The molecule has 4 nitrogen and oxygen atoms in total. The smallest absolute Gasteiger partial charge is 0.387 e. The van der Waals surface area contributed by atoms with Crippen molar-refractivity contribution >= 4 is 5.97 Å². The second kappa shape index (κ2) is 8.12. The molecule has 2 rings (SSSR count). The number of alkyl halides is 2. The maximum Gasteiger partial charge on any atom is 0.387 e. The SMILES string of the molecule is Cc1cccc(OCCOC(=O)c2ccccc2OC(F)F)c1. The molecule has 0 saturated heterocycles. The summed E-state index contributed by atoms with van der Waals surface area (Å²) in [7, 11) is 0. The highest BCUT2D eigenvalue weighted by atomic mass is 19.3. The summed E-state index contributed by atoms with van der Waals surface area (Å²) >= 11 is 0. The molecular formula is C17H16F2O4. The molecule has 0 atom stereocenters. The number of aryl methyl sites for hydroxylation is 1. The van der Waals surface area contributed by atoms with Gasteiger partial charge in [-0.25, -0.2) is 4.79 Å². The Bertz CT molecular complexity index is 659. The van der Waals surface area contributed by atoms with Gasteiger partial charge in [-0.05, 0) is 36.8 Å². The molecule has 2 aromatic rings. The highest BCUT2D eigenvalue weighted by Crippen LogP contribution is 2.21. The molecule has 0 heterocycles. The Hall–Kier alpha value is -2.63. The van der Waals surface area contributed by atoms with Crippen LogP contribution in [0.1, 0.15) is 15.9 Å². The van der Waals surface area contributed by atoms with E-state index in [1.54, 1.807) is 6.07 Å². The van der Waals surface area contributed by atoms with Gasteiger partial charge in [-0.1, -0.05) is 24.3 Å². The van der Waals surface area contributed by atoms with Crippen molar-refractivity contribution in [3.05, 3.63) is 59.7 Å². The summed E-state index contributed by atoms with van der Waals surface area (Å²) in [6.07, 6.45) is 0. The Labute approximate surface area is 132 Å². The zero-order chi connectivity index (χ0) is 16.7. The summed E-state index contributed by atoms with van der Waals surface area (Å²) in [5.41, 5.74) is 1.00. The molecule has 0 aliphatic rings. The molecule has 0 aromatic heterocycles. The van der Waals surface area contributed by atoms with Gasteiger partial charge in [0.05, 0.1) is 0 Å². The van der Waals surface area contributed by atoms with Crippen molar-refractivity contribution in [2.24, 2.45) is 0 Å². The first-order chi connectivity index (χ1) is 11.1. The molecule has 122 valence electrons. The lowest BCUT2D eigenvalue weighted by Crippen LogP contribution is -2.14. The van der Waals surface area contributed by atoms with Gasteiger partial charge in [-0.15, -0.1) is 0 Å². The normalized spacial score (nSPS) is 10.4. The minimum Gasteiger partial charge on any atom is -0.490 e. The number of ether oxygens (including phenoxy) is 3. The molecule has 0 saturated carbocycles. The number of carbonyl (C=O) groups is 1. The number of carbonyl (C=O) groups excluding carboxylic acids is 1. The van der Waals surface area contributed by atoms with E-state index in [1.165, 1.54) is 24.3 Å². The molecule has 2 aromatic carbocycles. The van der Waals surface area contributed by atoms with Crippen molar-refractivity contribution in [1.29, 1.82) is 0 Å². The molecule has 0 amide bonds. The summed E-state index contributed by atoms with van der Waals surface area (Å²) in [5, 5.41) is 0. The van der Waals surface area contributed by atoms with Crippen molar-refractivity contribution in [3.63, 3.8) is 0 Å². The first-order valence-corrected chi connectivity index (χ1v) is 6.96. The summed E-state index contributed by atoms with van der Waals surface area (Å²) in [5.74, 6) is -0.288. The zero-order valence-corrected chi connectivity index (χ0v) is 12.5. The lowest BCUT2D eigenvalue weighted by molar-refractivity contribution is -0.0504. The summed E-state index contributed by atoms with van der Waals surface area (Å²) in [4.78, 5) is 11.9. The highest BCUT2D eigenvalue weighted by Gasteiger charge is 2.16. The fraction of sp³-hybridized carbons (Fsp3) is 0.235. The second-order valence-electron chi connectivity index (χ2n) is 4.68. The number of para-hydroxylation sites is 1. The van der Waals surface area contributed by atoms with Crippen LogP contribution in [0.5, 0.6) is 11.5 Å². The van der Waals surface area contributed by atoms with Crippen LogP contribution in [0.3, 0.4) is 0 Å². The zero-order valence-electron chi connectivity index (χ0n) is 12.5. The molecule has 6 heteroatoms. The molecule has 0 N–H and O–H groups in total. The van der Waals surface area contributed by atoms with E-state index >= 15 is 0 Å². The number of halogens is 2. The van der Waals surface area contributed by atoms with Crippen LogP contribution in [0.4, 0.5) is 8.78 Å². The van der Waals surface area contributed by atoms with Gasteiger partial charge >= 0.3 is 12.6 Å². The van der Waals surface area contributed by atoms with Crippen LogP contribution < -0.4 is 9.47 Å². The van der Waals surface area contributed by atoms with Crippen LogP contribution in [0.25, 0.3) is 0 Å². The Kier molecular flexibility index (Phi) is 5.91. The Morgan fingerprint density at radius 1 is 1.09 bits per heavy atom. The third-order valence-corrected chi connectivity index (χ3v) is 2.90. The number of hydrogen-bond acceptors (Lipinski definition) is 4. The molecular weight excluding hydrogens is 306 g/mol. The van der Waals surface area contributed by atoms with Crippen LogP contribution in [-0.4, -0.2) is 25.8 Å². The maximum absolute atomic E-state index is 12.3. The van der Waals surface area contributed by atoms with Gasteiger partial charge < -0.3 is 14.2 Å². The van der Waals surface area contributed by atoms with E-state index in [1.807, 2.05) is 25.1 Å². The van der Waals surface area contributed by atoms with Crippen molar-refractivity contribution in [1.82, 2.24) is 0 Å². The molecule has 0 aliphatic heterocycles. The monoisotopic (exact) mass is 322 g/mol. The molecule has 23 heavy (non-hydrogen) atoms. The summed E-state index contributed by atoms with van der Waals surface area (Å²) in [6, 6.07) is 13.1. The molecule has 0 bridgehead atoms. The minimum atomic E-state index is -3.01. The van der Waals surface area contributed by atoms with E-state index in [2.05, 4.69) is 4.74 Å². The predicted molar refractivity (Wildman–Crippen MR) is 80.0 cm³/mol. The lowest BCUT2D eigenvalue weighted by Gasteiger charge is -2.11. The average Bonchev–Trinajstić information content (AvgIpc) is 2.51. The summed E-state index contributed by atoms with van der Waals surface area (Å²) < 4.78 is 39.3. The number of rotatable bonds is 7. The number of esters is 1. The maximum atomic E-state index is 12.3. The Morgan fingerprint density at radius 3 is 2.61 bits per heavy atom. The largest absolute Gasteiger partial charge is 0.490 e. The van der Waals surface area contributed by atoms with Gasteiger partial charge in [-0.3, -0.25) is 0 Å². The first kappa shape index (κ1) is 16.7. The van der Waals surface area contributed by atoms with Gasteiger partial charge in [-0.2, -0.15) is 8.78 Å². The van der Waals surface area contributed by atoms with E-state index in [0.717, 1.165) is 5.56 Å². The molecule has 0 spiro atoms. The second-order valence-corrected chi connectivity index (χ2v) is 4.68.